The summed E-state index contributed by atoms with van der Waals surface area (Å²) in [7, 11) is 1.64. The summed E-state index contributed by atoms with van der Waals surface area (Å²) in [6, 6.07) is 4.44. The second-order valence-corrected chi connectivity index (χ2v) is 4.59. The first-order valence-corrected chi connectivity index (χ1v) is 6.35. The molecule has 1 saturated carbocycles. The molecule has 1 fully saturated rings. The quantitative estimate of drug-likeness (QED) is 0.848. The number of halogens is 1. The van der Waals surface area contributed by atoms with Gasteiger partial charge in [-0.15, -0.1) is 0 Å². The van der Waals surface area contributed by atoms with Crippen LogP contribution in [0.5, 0.6) is 11.5 Å². The highest BCUT2D eigenvalue weighted by Crippen LogP contribution is 2.33. The van der Waals surface area contributed by atoms with Gasteiger partial charge in [0, 0.05) is 23.7 Å². The zero-order valence-corrected chi connectivity index (χ0v) is 11.0. The smallest absolute Gasteiger partial charge is 0.162 e. The van der Waals surface area contributed by atoms with E-state index in [1.165, 1.54) is 12.8 Å². The van der Waals surface area contributed by atoms with Crippen molar-refractivity contribution in [2.45, 2.75) is 32.4 Å². The Morgan fingerprint density at radius 2 is 2.12 bits per heavy atom. The lowest BCUT2D eigenvalue weighted by Gasteiger charge is -2.13. The van der Waals surface area contributed by atoms with Gasteiger partial charge in [0.1, 0.15) is 0 Å². The van der Waals surface area contributed by atoms with Crippen molar-refractivity contribution >= 4 is 11.6 Å². The fourth-order valence-electron chi connectivity index (χ4n) is 1.68. The lowest BCUT2D eigenvalue weighted by Crippen LogP contribution is -2.15. The zero-order chi connectivity index (χ0) is 12.3. The van der Waals surface area contributed by atoms with Gasteiger partial charge in [-0.1, -0.05) is 11.6 Å². The van der Waals surface area contributed by atoms with Gasteiger partial charge in [0.25, 0.3) is 0 Å². The van der Waals surface area contributed by atoms with Crippen LogP contribution in [0.15, 0.2) is 12.1 Å². The molecule has 0 radical (unpaired) electrons. The van der Waals surface area contributed by atoms with Gasteiger partial charge in [-0.2, -0.15) is 0 Å². The Morgan fingerprint density at radius 3 is 2.71 bits per heavy atom. The number of benzene rings is 1. The zero-order valence-electron chi connectivity index (χ0n) is 10.3. The van der Waals surface area contributed by atoms with E-state index < -0.39 is 0 Å². The molecule has 0 atom stereocenters. The van der Waals surface area contributed by atoms with E-state index in [9.17, 15) is 0 Å². The van der Waals surface area contributed by atoms with Crippen LogP contribution in [0.1, 0.15) is 25.3 Å². The van der Waals surface area contributed by atoms with Crippen molar-refractivity contribution in [1.82, 2.24) is 5.32 Å². The molecule has 0 amide bonds. The Hall–Kier alpha value is -0.930. The van der Waals surface area contributed by atoms with Crippen LogP contribution in [0.2, 0.25) is 5.02 Å². The number of hydrogen-bond acceptors (Lipinski definition) is 3. The summed E-state index contributed by atoms with van der Waals surface area (Å²) in [5.74, 6) is 1.44. The fraction of sp³-hybridized carbons (Fsp3) is 0.538. The minimum Gasteiger partial charge on any atom is -0.493 e. The molecule has 0 aromatic heterocycles. The number of rotatable bonds is 6. The van der Waals surface area contributed by atoms with Gasteiger partial charge in [-0.3, -0.25) is 0 Å². The molecule has 3 nitrogen and oxygen atoms in total. The van der Waals surface area contributed by atoms with Gasteiger partial charge in [-0.05, 0) is 31.4 Å². The molecule has 1 aromatic rings. The monoisotopic (exact) mass is 255 g/mol. The van der Waals surface area contributed by atoms with Gasteiger partial charge >= 0.3 is 0 Å². The summed E-state index contributed by atoms with van der Waals surface area (Å²) in [6.45, 7) is 3.33. The van der Waals surface area contributed by atoms with Crippen molar-refractivity contribution in [3.05, 3.63) is 22.7 Å². The maximum Gasteiger partial charge on any atom is 0.162 e. The summed E-state index contributed by atoms with van der Waals surface area (Å²) >= 11 is 6.22. The Labute approximate surface area is 107 Å². The molecule has 17 heavy (non-hydrogen) atoms. The average Bonchev–Trinajstić information content (AvgIpc) is 3.12. The van der Waals surface area contributed by atoms with Crippen molar-refractivity contribution in [1.29, 1.82) is 0 Å². The molecule has 0 unspecified atom stereocenters. The highest BCUT2D eigenvalue weighted by atomic mass is 35.5. The molecule has 1 N–H and O–H groups in total. The van der Waals surface area contributed by atoms with E-state index in [2.05, 4.69) is 5.32 Å². The van der Waals surface area contributed by atoms with Crippen molar-refractivity contribution in [2.75, 3.05) is 13.7 Å². The molecule has 0 bridgehead atoms. The molecule has 2 rings (SSSR count). The predicted octanol–water partition coefficient (Wildman–Crippen LogP) is 3.00. The number of hydrogen-bond donors (Lipinski definition) is 1. The van der Waals surface area contributed by atoms with E-state index in [-0.39, 0.29) is 0 Å². The molecule has 0 heterocycles. The summed E-state index contributed by atoms with van der Waals surface area (Å²) in [4.78, 5) is 0. The Kier molecular flexibility index (Phi) is 4.13. The largest absolute Gasteiger partial charge is 0.493 e. The third-order valence-corrected chi connectivity index (χ3v) is 3.14. The molecule has 1 aliphatic rings. The maximum absolute atomic E-state index is 6.22. The van der Waals surface area contributed by atoms with Crippen molar-refractivity contribution < 1.29 is 9.47 Å². The van der Waals surface area contributed by atoms with E-state index in [0.29, 0.717) is 18.4 Å². The predicted molar refractivity (Wildman–Crippen MR) is 69.0 cm³/mol. The van der Waals surface area contributed by atoms with Crippen LogP contribution in [0.4, 0.5) is 0 Å². The molecule has 1 aliphatic carbocycles. The molecular weight excluding hydrogens is 238 g/mol. The Morgan fingerprint density at radius 1 is 1.35 bits per heavy atom. The van der Waals surface area contributed by atoms with E-state index >= 15 is 0 Å². The van der Waals surface area contributed by atoms with E-state index in [1.807, 2.05) is 19.1 Å². The van der Waals surface area contributed by atoms with Crippen LogP contribution in [-0.4, -0.2) is 19.8 Å². The first-order chi connectivity index (χ1) is 8.24. The number of nitrogens with one attached hydrogen (secondary N) is 1. The lowest BCUT2D eigenvalue weighted by atomic mass is 10.2. The highest BCUT2D eigenvalue weighted by Gasteiger charge is 2.21. The van der Waals surface area contributed by atoms with Crippen LogP contribution in [0.25, 0.3) is 0 Å². The van der Waals surface area contributed by atoms with Gasteiger partial charge < -0.3 is 14.8 Å². The van der Waals surface area contributed by atoms with Crippen LogP contribution in [-0.2, 0) is 6.54 Å². The van der Waals surface area contributed by atoms with Crippen LogP contribution < -0.4 is 14.8 Å². The minimum atomic E-state index is 0.604. The molecule has 0 aliphatic heterocycles. The molecule has 94 valence electrons. The third kappa shape index (κ3) is 3.27. The first kappa shape index (κ1) is 12.5. The second kappa shape index (κ2) is 5.61. The normalized spacial score (nSPS) is 14.8. The second-order valence-electron chi connectivity index (χ2n) is 4.18. The number of ether oxygens (including phenoxy) is 2. The minimum absolute atomic E-state index is 0.604. The highest BCUT2D eigenvalue weighted by molar-refractivity contribution is 6.31. The summed E-state index contributed by atoms with van der Waals surface area (Å²) in [6.07, 6.45) is 2.54. The van der Waals surface area contributed by atoms with Crippen molar-refractivity contribution in [2.24, 2.45) is 0 Å². The fourth-order valence-corrected chi connectivity index (χ4v) is 1.90. The average molecular weight is 256 g/mol. The molecular formula is C13H18ClNO2. The first-order valence-electron chi connectivity index (χ1n) is 5.97. The number of methoxy groups -OCH3 is 1. The van der Waals surface area contributed by atoms with E-state index in [1.54, 1.807) is 7.11 Å². The molecule has 0 spiro atoms. The van der Waals surface area contributed by atoms with Gasteiger partial charge in [0.15, 0.2) is 11.5 Å². The van der Waals surface area contributed by atoms with Crippen LogP contribution in [0.3, 0.4) is 0 Å². The maximum atomic E-state index is 6.22. The van der Waals surface area contributed by atoms with Crippen molar-refractivity contribution in [3.63, 3.8) is 0 Å². The topological polar surface area (TPSA) is 30.5 Å². The van der Waals surface area contributed by atoms with Gasteiger partial charge in [-0.25, -0.2) is 0 Å². The summed E-state index contributed by atoms with van der Waals surface area (Å²) < 4.78 is 10.8. The van der Waals surface area contributed by atoms with Crippen LogP contribution >= 0.6 is 11.6 Å². The standard InChI is InChI=1S/C13H18ClNO2/c1-3-17-13-7-11(14)9(6-12(13)16-2)8-15-10-4-5-10/h6-7,10,15H,3-5,8H2,1-2H3. The third-order valence-electron chi connectivity index (χ3n) is 2.79. The van der Waals surface area contributed by atoms with Gasteiger partial charge in [0.2, 0.25) is 0 Å². The summed E-state index contributed by atoms with van der Waals surface area (Å²) in [5, 5.41) is 4.16. The van der Waals surface area contributed by atoms with Crippen LogP contribution in [0, 0.1) is 0 Å². The van der Waals surface area contributed by atoms with E-state index in [0.717, 1.165) is 22.9 Å². The lowest BCUT2D eigenvalue weighted by molar-refractivity contribution is 0.310. The van der Waals surface area contributed by atoms with Crippen molar-refractivity contribution in [3.8, 4) is 11.5 Å². The Bertz CT molecular complexity index is 391. The molecule has 1 aromatic carbocycles. The molecule has 4 heteroatoms. The van der Waals surface area contributed by atoms with Gasteiger partial charge in [0.05, 0.1) is 13.7 Å². The van der Waals surface area contributed by atoms with E-state index in [4.69, 9.17) is 21.1 Å². The molecule has 0 saturated heterocycles. The SMILES string of the molecule is CCOc1cc(Cl)c(CNC2CC2)cc1OC. The summed E-state index contributed by atoms with van der Waals surface area (Å²) in [5.41, 5.74) is 1.05. The Balaban J connectivity index is 2.13.